The van der Waals surface area contributed by atoms with Gasteiger partial charge in [0.1, 0.15) is 23.3 Å². The molecule has 1 atom stereocenters. The lowest BCUT2D eigenvalue weighted by molar-refractivity contribution is -0.115. The molecule has 11 nitrogen and oxygen atoms in total. The van der Waals surface area contributed by atoms with Crippen molar-refractivity contribution < 1.29 is 29.2 Å². The fourth-order valence-corrected chi connectivity index (χ4v) is 3.33. The van der Waals surface area contributed by atoms with Gasteiger partial charge in [0, 0.05) is 44.9 Å². The van der Waals surface area contributed by atoms with Crippen LogP contribution in [0, 0.1) is 0 Å². The molecular weight excluding hydrogens is 440 g/mol. The van der Waals surface area contributed by atoms with Gasteiger partial charge in [0.05, 0.1) is 31.2 Å². The summed E-state index contributed by atoms with van der Waals surface area (Å²) < 4.78 is 17.2. The van der Waals surface area contributed by atoms with Gasteiger partial charge in [-0.15, -0.1) is 0 Å². The Balaban J connectivity index is 1.52. The predicted octanol–water partition coefficient (Wildman–Crippen LogP) is -0.0970. The summed E-state index contributed by atoms with van der Waals surface area (Å²) in [5.74, 6) is 0.529. The molecule has 2 amide bonds. The van der Waals surface area contributed by atoms with Crippen LogP contribution in [0.15, 0.2) is 42.9 Å². The first-order chi connectivity index (χ1) is 16.5. The van der Waals surface area contributed by atoms with Crippen molar-refractivity contribution >= 4 is 17.6 Å². The minimum absolute atomic E-state index is 0.118. The first kappa shape index (κ1) is 23.2. The minimum Gasteiger partial charge on any atom is -0.488 e. The van der Waals surface area contributed by atoms with Gasteiger partial charge < -0.3 is 24.4 Å². The number of amidine groups is 1. The Kier molecular flexibility index (Phi) is 7.33. The maximum atomic E-state index is 12.8. The fourth-order valence-electron chi connectivity index (χ4n) is 3.33. The number of likely N-dealkylation sites (tertiary alicyclic amines) is 1. The van der Waals surface area contributed by atoms with Crippen LogP contribution < -0.4 is 25.5 Å². The molecule has 4 rings (SSSR count). The highest BCUT2D eigenvalue weighted by molar-refractivity contribution is 6.08. The summed E-state index contributed by atoms with van der Waals surface area (Å²) in [5, 5.41) is 11.2. The molecule has 2 aromatic rings. The lowest BCUT2D eigenvalue weighted by Crippen LogP contribution is -2.49. The molecule has 1 aromatic carbocycles. The average molecular weight is 468 g/mol. The highest BCUT2D eigenvalue weighted by atomic mass is 16.5. The Morgan fingerprint density at radius 2 is 2.03 bits per heavy atom. The molecule has 4 N–H and O–H groups in total. The number of rotatable bonds is 8. The molecule has 11 heteroatoms. The molecule has 0 spiro atoms. The highest BCUT2D eigenvalue weighted by Gasteiger charge is 2.23. The summed E-state index contributed by atoms with van der Waals surface area (Å²) in [6, 6.07) is 4.81. The number of amides is 2. The third-order valence-electron chi connectivity index (χ3n) is 5.23. The summed E-state index contributed by atoms with van der Waals surface area (Å²) in [5.41, 5.74) is 0.538. The second-order valence-electron chi connectivity index (χ2n) is 7.82. The number of nitrogens with two attached hydrogens (primary N) is 1. The van der Waals surface area contributed by atoms with Crippen molar-refractivity contribution in [3.63, 3.8) is 0 Å². The lowest BCUT2D eigenvalue weighted by atomic mass is 10.1. The van der Waals surface area contributed by atoms with Crippen molar-refractivity contribution in [3.05, 3.63) is 54.1 Å². The smallest absolute Gasteiger partial charge is 0.339 e. The molecule has 0 bridgehead atoms. The molecule has 3 heterocycles. The lowest BCUT2D eigenvalue weighted by Gasteiger charge is -2.30. The molecule has 2 saturated heterocycles. The van der Waals surface area contributed by atoms with Crippen LogP contribution in [0.5, 0.6) is 17.4 Å². The van der Waals surface area contributed by atoms with Gasteiger partial charge in [0.15, 0.2) is 0 Å². The van der Waals surface area contributed by atoms with Gasteiger partial charge >= 0.3 is 5.91 Å². The second-order valence-corrected chi connectivity index (χ2v) is 7.82. The molecule has 0 aliphatic carbocycles. The van der Waals surface area contributed by atoms with Crippen LogP contribution in [-0.2, 0) is 4.74 Å². The zero-order valence-electron chi connectivity index (χ0n) is 18.8. The van der Waals surface area contributed by atoms with Crippen molar-refractivity contribution in [1.82, 2.24) is 25.5 Å². The normalized spacial score (nSPS) is 17.2. The molecule has 1 aromatic heterocycles. The molecule has 0 saturated carbocycles. The predicted molar refractivity (Wildman–Crippen MR) is 122 cm³/mol. The third kappa shape index (κ3) is 5.87. The first-order valence-electron chi connectivity index (χ1n) is 11.0. The van der Waals surface area contributed by atoms with Crippen molar-refractivity contribution in [2.45, 2.75) is 18.9 Å². The number of carbonyl (C=O) groups excluding carboxylic acids is 2. The zero-order chi connectivity index (χ0) is 23.9. The number of nitrogens with one attached hydrogen (secondary N) is 2. The van der Waals surface area contributed by atoms with E-state index >= 15 is 0 Å². The van der Waals surface area contributed by atoms with Crippen LogP contribution in [0.3, 0.4) is 0 Å². The number of aromatic nitrogens is 2. The van der Waals surface area contributed by atoms with Crippen LogP contribution >= 0.6 is 0 Å². The van der Waals surface area contributed by atoms with E-state index in [0.29, 0.717) is 24.7 Å². The molecule has 0 radical (unpaired) electrons. The van der Waals surface area contributed by atoms with Gasteiger partial charge in [0.2, 0.25) is 5.88 Å². The fraction of sp³-hybridized carbons (Fsp3) is 0.348. The molecular formula is C23H27N6O5+. The summed E-state index contributed by atoms with van der Waals surface area (Å²) in [6.45, 7) is 2.56. The van der Waals surface area contributed by atoms with E-state index in [9.17, 15) is 9.59 Å². The van der Waals surface area contributed by atoms with Crippen molar-refractivity contribution in [2.75, 3.05) is 33.4 Å². The standard InChI is InChI=1S/C23H26N6O5/c1-25-5-3-20(24)28-22(30)15-9-17(33-16-4-8-32-14-16)11-18(10-15)34-21-13-26-19(12-27-21)23(31)29-6-2-7-29/h3,5,9-13,16,25H,2,4,6-8,14H2,1H3,(H2,24,28,30)/p+1/b5-3-. The number of hydrogen-bond acceptors (Lipinski definition) is 8. The van der Waals surface area contributed by atoms with Gasteiger partial charge in [0.25, 0.3) is 11.7 Å². The van der Waals surface area contributed by atoms with Crippen molar-refractivity contribution in [2.24, 2.45) is 0 Å². The van der Waals surface area contributed by atoms with Gasteiger partial charge in [-0.1, -0.05) is 0 Å². The summed E-state index contributed by atoms with van der Waals surface area (Å²) in [6.07, 6.45) is 7.51. The van der Waals surface area contributed by atoms with Gasteiger partial charge in [-0.2, -0.15) is 0 Å². The van der Waals surface area contributed by atoms with Crippen LogP contribution in [-0.4, -0.2) is 72.0 Å². The Labute approximate surface area is 196 Å². The van der Waals surface area contributed by atoms with E-state index in [1.165, 1.54) is 18.5 Å². The highest BCUT2D eigenvalue weighted by Crippen LogP contribution is 2.28. The average Bonchev–Trinajstić information content (AvgIpc) is 3.30. The Bertz CT molecular complexity index is 1080. The molecule has 178 valence electrons. The quantitative estimate of drug-likeness (QED) is 0.361. The Morgan fingerprint density at radius 3 is 2.68 bits per heavy atom. The summed E-state index contributed by atoms with van der Waals surface area (Å²) in [4.78, 5) is 35.1. The third-order valence-corrected chi connectivity index (χ3v) is 5.23. The van der Waals surface area contributed by atoms with Gasteiger partial charge in [-0.3, -0.25) is 10.2 Å². The topological polar surface area (TPSA) is 140 Å². The molecule has 2 aliphatic rings. The molecule has 34 heavy (non-hydrogen) atoms. The van der Waals surface area contributed by atoms with Gasteiger partial charge in [-0.05, 0) is 18.6 Å². The van der Waals surface area contributed by atoms with Crippen LogP contribution in [0.1, 0.15) is 33.7 Å². The Hall–Kier alpha value is -3.99. The SMILES string of the molecule is CN/C=C\C(=[NH2+])NC(=O)c1cc(Oc2cnc(C(=O)N3CCC3)cn2)cc(OC2CCOC2)c1. The van der Waals surface area contributed by atoms with Crippen LogP contribution in [0.25, 0.3) is 0 Å². The van der Waals surface area contributed by atoms with E-state index in [2.05, 4.69) is 20.6 Å². The van der Waals surface area contributed by atoms with E-state index in [0.717, 1.165) is 25.9 Å². The molecule has 2 aliphatic heterocycles. The number of ether oxygens (including phenoxy) is 3. The molecule has 1 unspecified atom stereocenters. The van der Waals surface area contributed by atoms with E-state index in [-0.39, 0.29) is 35.0 Å². The largest absolute Gasteiger partial charge is 0.488 e. The number of benzene rings is 1. The maximum Gasteiger partial charge on any atom is 0.339 e. The summed E-state index contributed by atoms with van der Waals surface area (Å²) >= 11 is 0. The number of nitrogens with zero attached hydrogens (tertiary/aromatic N) is 3. The van der Waals surface area contributed by atoms with Crippen LogP contribution in [0.4, 0.5) is 0 Å². The van der Waals surface area contributed by atoms with Crippen molar-refractivity contribution in [1.29, 1.82) is 0 Å². The van der Waals surface area contributed by atoms with Crippen LogP contribution in [0.2, 0.25) is 0 Å². The zero-order valence-corrected chi connectivity index (χ0v) is 18.8. The summed E-state index contributed by atoms with van der Waals surface area (Å²) in [7, 11) is 1.72. The van der Waals surface area contributed by atoms with Crippen molar-refractivity contribution in [3.8, 4) is 17.4 Å². The maximum absolute atomic E-state index is 12.8. The Morgan fingerprint density at radius 1 is 1.21 bits per heavy atom. The molecule has 2 fully saturated rings. The van der Waals surface area contributed by atoms with E-state index < -0.39 is 5.91 Å². The number of hydrogen-bond donors (Lipinski definition) is 3. The first-order valence-corrected chi connectivity index (χ1v) is 11.0. The monoisotopic (exact) mass is 467 g/mol. The second kappa shape index (κ2) is 10.8. The van der Waals surface area contributed by atoms with E-state index in [1.54, 1.807) is 36.3 Å². The number of carbonyl (C=O) groups is 2. The van der Waals surface area contributed by atoms with E-state index in [1.807, 2.05) is 0 Å². The minimum atomic E-state index is -0.433. The van der Waals surface area contributed by atoms with Gasteiger partial charge in [-0.25, -0.2) is 20.1 Å². The van der Waals surface area contributed by atoms with E-state index in [4.69, 9.17) is 19.6 Å².